The summed E-state index contributed by atoms with van der Waals surface area (Å²) in [4.78, 5) is 15.6. The van der Waals surface area contributed by atoms with Crippen LogP contribution in [0.3, 0.4) is 0 Å². The van der Waals surface area contributed by atoms with Crippen molar-refractivity contribution in [2.45, 2.75) is 18.1 Å². The number of nitrogens with one attached hydrogen (secondary N) is 1. The number of para-hydroxylation sites is 1. The Bertz CT molecular complexity index is 507. The Hall–Kier alpha value is -1.40. The molecule has 0 saturated heterocycles. The van der Waals surface area contributed by atoms with Gasteiger partial charge in [-0.05, 0) is 25.5 Å². The summed E-state index contributed by atoms with van der Waals surface area (Å²) in [7, 11) is 0. The van der Waals surface area contributed by atoms with Gasteiger partial charge in [-0.25, -0.2) is 4.39 Å². The predicted octanol–water partition coefficient (Wildman–Crippen LogP) is 2.01. The SMILES string of the molecule is CC1(CCO)SC(Nc2ccccc2F)=NC1=O. The maximum atomic E-state index is 13.4. The van der Waals surface area contributed by atoms with E-state index in [1.54, 1.807) is 25.1 Å². The van der Waals surface area contributed by atoms with Gasteiger partial charge < -0.3 is 10.4 Å². The van der Waals surface area contributed by atoms with Gasteiger partial charge in [-0.15, -0.1) is 0 Å². The van der Waals surface area contributed by atoms with E-state index in [1.165, 1.54) is 17.8 Å². The van der Waals surface area contributed by atoms with Gasteiger partial charge in [-0.1, -0.05) is 23.9 Å². The molecule has 1 aliphatic rings. The van der Waals surface area contributed by atoms with E-state index in [2.05, 4.69) is 10.3 Å². The summed E-state index contributed by atoms with van der Waals surface area (Å²) < 4.78 is 12.7. The highest BCUT2D eigenvalue weighted by Crippen LogP contribution is 2.37. The Morgan fingerprint density at radius 1 is 1.50 bits per heavy atom. The number of rotatable bonds is 3. The number of carbonyl (C=O) groups excluding carboxylic acids is 1. The van der Waals surface area contributed by atoms with Crippen molar-refractivity contribution in [1.82, 2.24) is 0 Å². The van der Waals surface area contributed by atoms with E-state index in [4.69, 9.17) is 5.11 Å². The van der Waals surface area contributed by atoms with Crippen molar-refractivity contribution in [3.8, 4) is 0 Å². The van der Waals surface area contributed by atoms with Crippen LogP contribution in [0.5, 0.6) is 0 Å². The third-order valence-corrected chi connectivity index (χ3v) is 3.90. The standard InChI is InChI=1S/C12H13FN2O2S/c1-12(6-7-16)10(17)15-11(18-12)14-9-5-3-2-4-8(9)13/h2-5,16H,6-7H2,1H3,(H,14,15,17). The largest absolute Gasteiger partial charge is 0.396 e. The molecular formula is C12H13FN2O2S. The zero-order valence-corrected chi connectivity index (χ0v) is 10.6. The van der Waals surface area contributed by atoms with Crippen molar-refractivity contribution in [3.05, 3.63) is 30.1 Å². The fraction of sp³-hybridized carbons (Fsp3) is 0.333. The summed E-state index contributed by atoms with van der Waals surface area (Å²) in [6.07, 6.45) is 0.322. The van der Waals surface area contributed by atoms with Gasteiger partial charge in [0, 0.05) is 6.61 Å². The van der Waals surface area contributed by atoms with Gasteiger partial charge in [0.1, 0.15) is 10.6 Å². The molecule has 18 heavy (non-hydrogen) atoms. The van der Waals surface area contributed by atoms with Crippen molar-refractivity contribution >= 4 is 28.5 Å². The van der Waals surface area contributed by atoms with Crippen molar-refractivity contribution in [2.24, 2.45) is 4.99 Å². The predicted molar refractivity (Wildman–Crippen MR) is 70.2 cm³/mol. The summed E-state index contributed by atoms with van der Waals surface area (Å²) in [6.45, 7) is 1.63. The summed E-state index contributed by atoms with van der Waals surface area (Å²) in [5.74, 6) is -0.704. The van der Waals surface area contributed by atoms with Crippen molar-refractivity contribution in [1.29, 1.82) is 0 Å². The Morgan fingerprint density at radius 3 is 2.89 bits per heavy atom. The van der Waals surface area contributed by atoms with Crippen LogP contribution in [-0.4, -0.2) is 27.5 Å². The molecule has 1 atom stereocenters. The molecule has 0 spiro atoms. The van der Waals surface area contributed by atoms with Gasteiger partial charge in [0.2, 0.25) is 0 Å². The zero-order chi connectivity index (χ0) is 13.2. The molecule has 0 radical (unpaired) electrons. The minimum atomic E-state index is -0.762. The second kappa shape index (κ2) is 5.07. The zero-order valence-electron chi connectivity index (χ0n) is 9.81. The molecular weight excluding hydrogens is 255 g/mol. The molecule has 1 heterocycles. The number of nitrogens with zero attached hydrogens (tertiary/aromatic N) is 1. The maximum absolute atomic E-state index is 13.4. The molecule has 2 N–H and O–H groups in total. The van der Waals surface area contributed by atoms with E-state index in [1.807, 2.05) is 0 Å². The topological polar surface area (TPSA) is 61.7 Å². The number of halogens is 1. The Kier molecular flexibility index (Phi) is 3.68. The number of aliphatic hydroxyl groups is 1. The molecule has 96 valence electrons. The quantitative estimate of drug-likeness (QED) is 0.880. The lowest BCUT2D eigenvalue weighted by Crippen LogP contribution is -2.28. The summed E-state index contributed by atoms with van der Waals surface area (Å²) in [5.41, 5.74) is 0.282. The van der Waals surface area contributed by atoms with Crippen LogP contribution in [0.25, 0.3) is 0 Å². The average Bonchev–Trinajstić information content (AvgIpc) is 2.58. The van der Waals surface area contributed by atoms with Gasteiger partial charge in [0.25, 0.3) is 5.91 Å². The lowest BCUT2D eigenvalue weighted by atomic mass is 10.1. The van der Waals surface area contributed by atoms with Crippen LogP contribution in [0.4, 0.5) is 10.1 Å². The molecule has 1 aromatic carbocycles. The number of hydrogen-bond donors (Lipinski definition) is 2. The molecule has 0 aliphatic carbocycles. The van der Waals surface area contributed by atoms with Gasteiger partial charge in [-0.3, -0.25) is 4.79 Å². The lowest BCUT2D eigenvalue weighted by molar-refractivity contribution is -0.119. The van der Waals surface area contributed by atoms with Crippen molar-refractivity contribution in [2.75, 3.05) is 11.9 Å². The van der Waals surface area contributed by atoms with Crippen molar-refractivity contribution in [3.63, 3.8) is 0 Å². The van der Waals surface area contributed by atoms with E-state index in [0.29, 0.717) is 11.6 Å². The maximum Gasteiger partial charge on any atom is 0.264 e. The van der Waals surface area contributed by atoms with Crippen LogP contribution in [0, 0.1) is 5.82 Å². The number of amides is 1. The molecule has 0 bridgehead atoms. The minimum absolute atomic E-state index is 0.0856. The Morgan fingerprint density at radius 2 is 2.22 bits per heavy atom. The number of benzene rings is 1. The van der Waals surface area contributed by atoms with Crippen LogP contribution in [-0.2, 0) is 4.79 Å². The van der Waals surface area contributed by atoms with Crippen LogP contribution in [0.2, 0.25) is 0 Å². The van der Waals surface area contributed by atoms with Crippen LogP contribution >= 0.6 is 11.8 Å². The highest BCUT2D eigenvalue weighted by atomic mass is 32.2. The summed E-state index contributed by atoms with van der Waals surface area (Å²) in [5, 5.41) is 12.1. The Labute approximate surface area is 108 Å². The second-order valence-electron chi connectivity index (χ2n) is 4.13. The van der Waals surface area contributed by atoms with Gasteiger partial charge in [-0.2, -0.15) is 4.99 Å². The average molecular weight is 268 g/mol. The molecule has 4 nitrogen and oxygen atoms in total. The molecule has 0 aromatic heterocycles. The summed E-state index contributed by atoms with van der Waals surface area (Å²) in [6, 6.07) is 6.19. The number of carbonyl (C=O) groups is 1. The van der Waals surface area contributed by atoms with E-state index < -0.39 is 10.6 Å². The second-order valence-corrected chi connectivity index (χ2v) is 5.63. The highest BCUT2D eigenvalue weighted by Gasteiger charge is 2.40. The number of amidine groups is 1. The van der Waals surface area contributed by atoms with E-state index >= 15 is 0 Å². The van der Waals surface area contributed by atoms with Gasteiger partial charge in [0.05, 0.1) is 5.69 Å². The van der Waals surface area contributed by atoms with E-state index in [-0.39, 0.29) is 18.2 Å². The van der Waals surface area contributed by atoms with E-state index in [9.17, 15) is 9.18 Å². The number of hydrogen-bond acceptors (Lipinski definition) is 4. The van der Waals surface area contributed by atoms with Gasteiger partial charge >= 0.3 is 0 Å². The van der Waals surface area contributed by atoms with Crippen LogP contribution in [0.1, 0.15) is 13.3 Å². The number of anilines is 1. The third kappa shape index (κ3) is 2.54. The number of aliphatic imine (C=N–C) groups is 1. The first-order chi connectivity index (χ1) is 8.55. The van der Waals surface area contributed by atoms with Crippen molar-refractivity contribution < 1.29 is 14.3 Å². The number of aliphatic hydroxyl groups excluding tert-OH is 1. The monoisotopic (exact) mass is 268 g/mol. The van der Waals surface area contributed by atoms with E-state index in [0.717, 1.165) is 0 Å². The number of thioether (sulfide) groups is 1. The third-order valence-electron chi connectivity index (χ3n) is 2.68. The smallest absolute Gasteiger partial charge is 0.264 e. The first-order valence-corrected chi connectivity index (χ1v) is 6.31. The molecule has 1 unspecified atom stereocenters. The molecule has 6 heteroatoms. The highest BCUT2D eigenvalue weighted by molar-refractivity contribution is 8.16. The lowest BCUT2D eigenvalue weighted by Gasteiger charge is -2.18. The summed E-state index contributed by atoms with van der Waals surface area (Å²) >= 11 is 1.21. The fourth-order valence-corrected chi connectivity index (χ4v) is 2.64. The Balaban J connectivity index is 2.12. The molecule has 0 saturated carbocycles. The molecule has 1 amide bonds. The fourth-order valence-electron chi connectivity index (χ4n) is 1.59. The molecule has 1 aliphatic heterocycles. The van der Waals surface area contributed by atoms with Gasteiger partial charge in [0.15, 0.2) is 5.17 Å². The van der Waals surface area contributed by atoms with Crippen LogP contribution < -0.4 is 5.32 Å². The minimum Gasteiger partial charge on any atom is -0.396 e. The molecule has 1 aromatic rings. The normalized spacial score (nSPS) is 23.1. The molecule has 2 rings (SSSR count). The first kappa shape index (κ1) is 13.0. The van der Waals surface area contributed by atoms with Crippen LogP contribution in [0.15, 0.2) is 29.3 Å². The molecule has 0 fully saturated rings. The first-order valence-electron chi connectivity index (χ1n) is 5.50.